The average Bonchev–Trinajstić information content (AvgIpc) is 2.35. The van der Waals surface area contributed by atoms with Crippen LogP contribution in [0.5, 0.6) is 0 Å². The van der Waals surface area contributed by atoms with Crippen molar-refractivity contribution in [3.05, 3.63) is 47.6 Å². The van der Waals surface area contributed by atoms with Crippen molar-refractivity contribution in [2.45, 2.75) is 0 Å². The quantitative estimate of drug-likeness (QED) is 0.829. The van der Waals surface area contributed by atoms with Crippen LogP contribution < -0.4 is 10.6 Å². The number of hydrogen-bond acceptors (Lipinski definition) is 3. The predicted octanol–water partition coefficient (Wildman–Crippen LogP) is 3.08. The molecule has 1 aromatic heterocycles. The Morgan fingerprint density at radius 3 is 2.78 bits per heavy atom. The molecule has 0 bridgehead atoms. The summed E-state index contributed by atoms with van der Waals surface area (Å²) in [5.74, 6) is 0.0400. The van der Waals surface area contributed by atoms with Gasteiger partial charge < -0.3 is 10.6 Å². The molecular weight excluding hydrogens is 275 g/mol. The molecule has 2 N–H and O–H groups in total. The summed E-state index contributed by atoms with van der Waals surface area (Å²) in [6.07, 6.45) is 4.63. The van der Waals surface area contributed by atoms with Gasteiger partial charge in [-0.05, 0) is 30.4 Å². The van der Waals surface area contributed by atoms with Crippen LogP contribution in [-0.4, -0.2) is 15.1 Å². The Morgan fingerprint density at radius 1 is 1.28 bits per heavy atom. The van der Waals surface area contributed by atoms with Gasteiger partial charge in [0.15, 0.2) is 10.9 Å². The zero-order valence-electron chi connectivity index (χ0n) is 9.02. The molecule has 7 heteroatoms. The molecule has 0 radical (unpaired) electrons. The molecule has 0 unspecified atom stereocenters. The van der Waals surface area contributed by atoms with Gasteiger partial charge in [-0.3, -0.25) is 4.98 Å². The summed E-state index contributed by atoms with van der Waals surface area (Å²) in [6, 6.07) is 4.24. The van der Waals surface area contributed by atoms with Gasteiger partial charge in [-0.2, -0.15) is 0 Å². The number of aromatic nitrogens is 2. The van der Waals surface area contributed by atoms with Crippen LogP contribution in [-0.2, 0) is 0 Å². The lowest BCUT2D eigenvalue weighted by molar-refractivity contribution is 0.628. The molecule has 2 rings (SSSR count). The van der Waals surface area contributed by atoms with E-state index in [0.29, 0.717) is 16.6 Å². The van der Waals surface area contributed by atoms with Crippen molar-refractivity contribution in [2.75, 3.05) is 10.6 Å². The molecule has 92 valence electrons. The van der Waals surface area contributed by atoms with E-state index in [4.69, 9.17) is 23.8 Å². The highest BCUT2D eigenvalue weighted by Gasteiger charge is 2.03. The van der Waals surface area contributed by atoms with Crippen LogP contribution in [0.3, 0.4) is 0 Å². The van der Waals surface area contributed by atoms with Gasteiger partial charge in [-0.1, -0.05) is 11.6 Å². The molecule has 0 fully saturated rings. The number of halogens is 2. The van der Waals surface area contributed by atoms with Crippen molar-refractivity contribution < 1.29 is 4.39 Å². The Labute approximate surface area is 113 Å². The minimum atomic E-state index is -0.477. The van der Waals surface area contributed by atoms with Crippen LogP contribution in [0, 0.1) is 5.82 Å². The molecule has 0 spiro atoms. The van der Waals surface area contributed by atoms with Crippen molar-refractivity contribution in [2.24, 2.45) is 0 Å². The van der Waals surface area contributed by atoms with Gasteiger partial charge in [-0.15, -0.1) is 0 Å². The van der Waals surface area contributed by atoms with Crippen LogP contribution >= 0.6 is 23.8 Å². The minimum Gasteiger partial charge on any atom is -0.332 e. The lowest BCUT2D eigenvalue weighted by atomic mass is 10.3. The zero-order valence-corrected chi connectivity index (χ0v) is 10.6. The van der Waals surface area contributed by atoms with Gasteiger partial charge in [0.25, 0.3) is 0 Å². The maximum atomic E-state index is 13.0. The van der Waals surface area contributed by atoms with Crippen LogP contribution in [0.1, 0.15) is 0 Å². The SMILES string of the molecule is Fc1ccc(NC(=S)Nc2cnccn2)cc1Cl. The summed E-state index contributed by atoms with van der Waals surface area (Å²) in [6.45, 7) is 0. The molecule has 0 saturated heterocycles. The molecule has 0 amide bonds. The van der Waals surface area contributed by atoms with Gasteiger partial charge >= 0.3 is 0 Å². The standard InChI is InChI=1S/C11H8ClFN4S/c12-8-5-7(1-2-9(8)13)16-11(18)17-10-6-14-3-4-15-10/h1-6H,(H2,15,16,17,18). The molecular formula is C11H8ClFN4S. The van der Waals surface area contributed by atoms with Gasteiger partial charge in [0.2, 0.25) is 0 Å². The van der Waals surface area contributed by atoms with Crippen molar-refractivity contribution in [1.82, 2.24) is 9.97 Å². The summed E-state index contributed by atoms with van der Waals surface area (Å²) < 4.78 is 13.0. The Bertz CT molecular complexity index is 564. The Kier molecular flexibility index (Phi) is 4.01. The Hall–Kier alpha value is -1.79. The van der Waals surface area contributed by atoms with Gasteiger partial charge in [-0.25, -0.2) is 9.37 Å². The second kappa shape index (κ2) is 5.70. The first-order valence-electron chi connectivity index (χ1n) is 4.94. The fourth-order valence-corrected chi connectivity index (χ4v) is 1.62. The highest BCUT2D eigenvalue weighted by Crippen LogP contribution is 2.19. The molecule has 4 nitrogen and oxygen atoms in total. The third-order valence-electron chi connectivity index (χ3n) is 1.98. The van der Waals surface area contributed by atoms with Gasteiger partial charge in [0, 0.05) is 18.1 Å². The molecule has 18 heavy (non-hydrogen) atoms. The first kappa shape index (κ1) is 12.7. The Morgan fingerprint density at radius 2 is 2.11 bits per heavy atom. The number of rotatable bonds is 2. The number of nitrogens with zero attached hydrogens (tertiary/aromatic N) is 2. The molecule has 0 aliphatic heterocycles. The Balaban J connectivity index is 2.01. The summed E-state index contributed by atoms with van der Waals surface area (Å²) in [5, 5.41) is 6.04. The summed E-state index contributed by atoms with van der Waals surface area (Å²) in [7, 11) is 0. The smallest absolute Gasteiger partial charge is 0.176 e. The van der Waals surface area contributed by atoms with Crippen molar-refractivity contribution >= 4 is 40.4 Å². The zero-order chi connectivity index (χ0) is 13.0. The highest BCUT2D eigenvalue weighted by atomic mass is 35.5. The molecule has 0 aliphatic rings. The van der Waals surface area contributed by atoms with Crippen LogP contribution in [0.2, 0.25) is 5.02 Å². The fourth-order valence-electron chi connectivity index (χ4n) is 1.22. The van der Waals surface area contributed by atoms with Gasteiger partial charge in [0.1, 0.15) is 5.82 Å². The first-order valence-corrected chi connectivity index (χ1v) is 5.73. The third-order valence-corrected chi connectivity index (χ3v) is 2.48. The van der Waals surface area contributed by atoms with Crippen LogP contribution in [0.15, 0.2) is 36.8 Å². The van der Waals surface area contributed by atoms with E-state index >= 15 is 0 Å². The van der Waals surface area contributed by atoms with E-state index in [9.17, 15) is 4.39 Å². The third kappa shape index (κ3) is 3.35. The second-order valence-corrected chi connectivity index (χ2v) is 4.11. The number of benzene rings is 1. The molecule has 1 aromatic carbocycles. The molecule has 1 heterocycles. The predicted molar refractivity (Wildman–Crippen MR) is 73.3 cm³/mol. The molecule has 0 atom stereocenters. The van der Waals surface area contributed by atoms with Gasteiger partial charge in [0.05, 0.1) is 11.2 Å². The van der Waals surface area contributed by atoms with Crippen molar-refractivity contribution in [3.8, 4) is 0 Å². The first-order chi connectivity index (χ1) is 8.65. The fraction of sp³-hybridized carbons (Fsp3) is 0. The number of hydrogen-bond donors (Lipinski definition) is 2. The largest absolute Gasteiger partial charge is 0.332 e. The second-order valence-electron chi connectivity index (χ2n) is 3.30. The van der Waals surface area contributed by atoms with Crippen molar-refractivity contribution in [1.29, 1.82) is 0 Å². The van der Waals surface area contributed by atoms with E-state index in [1.165, 1.54) is 24.4 Å². The van der Waals surface area contributed by atoms with E-state index in [-0.39, 0.29) is 5.02 Å². The number of thiocarbonyl (C=S) groups is 1. The van der Waals surface area contributed by atoms with E-state index in [1.807, 2.05) is 0 Å². The number of nitrogens with one attached hydrogen (secondary N) is 2. The van der Waals surface area contributed by atoms with Crippen LogP contribution in [0.4, 0.5) is 15.9 Å². The number of anilines is 2. The molecule has 2 aromatic rings. The average molecular weight is 283 g/mol. The monoisotopic (exact) mass is 282 g/mol. The highest BCUT2D eigenvalue weighted by molar-refractivity contribution is 7.80. The normalized spacial score (nSPS) is 9.89. The summed E-state index contributed by atoms with van der Waals surface area (Å²) in [4.78, 5) is 7.89. The lowest BCUT2D eigenvalue weighted by Crippen LogP contribution is -2.19. The molecule has 0 aliphatic carbocycles. The van der Waals surface area contributed by atoms with E-state index in [0.717, 1.165) is 0 Å². The minimum absolute atomic E-state index is 0.0299. The summed E-state index contributed by atoms with van der Waals surface area (Å²) >= 11 is 10.7. The van der Waals surface area contributed by atoms with E-state index in [2.05, 4.69) is 20.6 Å². The van der Waals surface area contributed by atoms with E-state index in [1.54, 1.807) is 12.4 Å². The van der Waals surface area contributed by atoms with Crippen molar-refractivity contribution in [3.63, 3.8) is 0 Å². The maximum Gasteiger partial charge on any atom is 0.176 e. The summed E-state index contributed by atoms with van der Waals surface area (Å²) in [5.41, 5.74) is 0.586. The lowest BCUT2D eigenvalue weighted by Gasteiger charge is -2.09. The molecule has 0 saturated carbocycles. The van der Waals surface area contributed by atoms with Crippen LogP contribution in [0.25, 0.3) is 0 Å². The maximum absolute atomic E-state index is 13.0. The topological polar surface area (TPSA) is 49.8 Å². The van der Waals surface area contributed by atoms with E-state index < -0.39 is 5.82 Å².